The zero-order valence-electron chi connectivity index (χ0n) is 20.4. The lowest BCUT2D eigenvalue weighted by molar-refractivity contribution is -0.114. The minimum absolute atomic E-state index is 0.0295. The number of anilines is 1. The third kappa shape index (κ3) is 5.15. The van der Waals surface area contributed by atoms with E-state index in [1.165, 1.54) is 12.5 Å². The predicted octanol–water partition coefficient (Wildman–Crippen LogP) is 5.50. The molecule has 1 aliphatic rings. The molecular weight excluding hydrogens is 436 g/mol. The molecule has 3 aromatic rings. The van der Waals surface area contributed by atoms with Gasteiger partial charge in [-0.2, -0.15) is 0 Å². The number of hydrogen-bond acceptors (Lipinski definition) is 5. The summed E-state index contributed by atoms with van der Waals surface area (Å²) in [5.74, 6) is 1.58. The van der Waals surface area contributed by atoms with E-state index in [9.17, 15) is 4.79 Å². The molecule has 7 heteroatoms. The summed E-state index contributed by atoms with van der Waals surface area (Å²) >= 11 is 0. The van der Waals surface area contributed by atoms with Gasteiger partial charge in [-0.15, -0.1) is 10.2 Å². The number of nitrogens with zero attached hydrogens (tertiary/aromatic N) is 5. The Kier molecular flexibility index (Phi) is 7.67. The molecule has 0 fully saturated rings. The number of carbonyl (C=O) groups excluding carboxylic acids is 1. The van der Waals surface area contributed by atoms with Crippen LogP contribution in [0.3, 0.4) is 0 Å². The van der Waals surface area contributed by atoms with E-state index in [2.05, 4.69) is 74.3 Å². The number of pyridine rings is 1. The van der Waals surface area contributed by atoms with E-state index in [0.29, 0.717) is 5.69 Å². The van der Waals surface area contributed by atoms with Crippen molar-refractivity contribution in [1.29, 1.82) is 0 Å². The van der Waals surface area contributed by atoms with Crippen LogP contribution in [0, 0.1) is 0 Å². The summed E-state index contributed by atoms with van der Waals surface area (Å²) in [7, 11) is 0. The number of rotatable bonds is 9. The fraction of sp³-hybridized carbons (Fsp3) is 0.286. The van der Waals surface area contributed by atoms with E-state index in [0.717, 1.165) is 48.7 Å². The van der Waals surface area contributed by atoms with Gasteiger partial charge in [0, 0.05) is 31.8 Å². The van der Waals surface area contributed by atoms with Gasteiger partial charge in [-0.1, -0.05) is 75.1 Å². The van der Waals surface area contributed by atoms with Gasteiger partial charge in [-0.3, -0.25) is 14.7 Å². The number of allylic oxidation sites excluding steroid dienone is 2. The first-order valence-electron chi connectivity index (χ1n) is 12.0. The highest BCUT2D eigenvalue weighted by atomic mass is 16.1. The maximum absolute atomic E-state index is 11.5. The first-order chi connectivity index (χ1) is 17.1. The average molecular weight is 469 g/mol. The Morgan fingerprint density at radius 1 is 1.20 bits per heavy atom. The molecule has 0 radical (unpaired) electrons. The molecule has 1 amide bonds. The van der Waals surface area contributed by atoms with Crippen LogP contribution in [0.1, 0.15) is 50.2 Å². The highest BCUT2D eigenvalue weighted by Crippen LogP contribution is 2.40. The van der Waals surface area contributed by atoms with Gasteiger partial charge in [-0.05, 0) is 23.6 Å². The van der Waals surface area contributed by atoms with Crippen molar-refractivity contribution in [3.8, 4) is 11.4 Å². The SMILES string of the molecule is C=C/C=C(\C=C)C(c1ccccc1)N1CCn2c(-c3cncc(NC(C)=O)c3)nnc2C1CCC. The minimum Gasteiger partial charge on any atom is -0.325 e. The summed E-state index contributed by atoms with van der Waals surface area (Å²) in [6.45, 7) is 13.3. The summed E-state index contributed by atoms with van der Waals surface area (Å²) in [4.78, 5) is 18.3. The van der Waals surface area contributed by atoms with Crippen molar-refractivity contribution in [2.24, 2.45) is 0 Å². The Hall–Kier alpha value is -3.84. The van der Waals surface area contributed by atoms with Crippen LogP contribution in [0.25, 0.3) is 11.4 Å². The molecule has 0 bridgehead atoms. The van der Waals surface area contributed by atoms with Crippen LogP contribution in [0.15, 0.2) is 85.8 Å². The molecule has 180 valence electrons. The van der Waals surface area contributed by atoms with E-state index in [1.807, 2.05) is 30.4 Å². The molecule has 1 aliphatic heterocycles. The second-order valence-corrected chi connectivity index (χ2v) is 8.64. The monoisotopic (exact) mass is 468 g/mol. The number of aromatic nitrogens is 4. The number of hydrogen-bond donors (Lipinski definition) is 1. The molecule has 4 rings (SSSR count). The number of carbonyl (C=O) groups is 1. The van der Waals surface area contributed by atoms with Crippen molar-refractivity contribution in [2.75, 3.05) is 11.9 Å². The topological polar surface area (TPSA) is 75.9 Å². The zero-order chi connectivity index (χ0) is 24.8. The molecule has 1 N–H and O–H groups in total. The van der Waals surface area contributed by atoms with Crippen LogP contribution in [0.4, 0.5) is 5.69 Å². The second-order valence-electron chi connectivity index (χ2n) is 8.64. The van der Waals surface area contributed by atoms with Crippen LogP contribution in [0.2, 0.25) is 0 Å². The molecule has 2 aromatic heterocycles. The second kappa shape index (κ2) is 11.1. The van der Waals surface area contributed by atoms with Crippen LogP contribution < -0.4 is 5.32 Å². The van der Waals surface area contributed by atoms with Gasteiger partial charge >= 0.3 is 0 Å². The molecule has 0 spiro atoms. The summed E-state index contributed by atoms with van der Waals surface area (Å²) < 4.78 is 2.19. The molecule has 1 aromatic carbocycles. The molecule has 2 atom stereocenters. The fourth-order valence-corrected chi connectivity index (χ4v) is 4.84. The molecule has 0 aliphatic carbocycles. The highest BCUT2D eigenvalue weighted by molar-refractivity contribution is 5.89. The molecule has 2 unspecified atom stereocenters. The zero-order valence-corrected chi connectivity index (χ0v) is 20.4. The van der Waals surface area contributed by atoms with E-state index in [-0.39, 0.29) is 18.0 Å². The molecule has 3 heterocycles. The Balaban J connectivity index is 1.76. The summed E-state index contributed by atoms with van der Waals surface area (Å²) in [5.41, 5.74) is 3.79. The third-order valence-corrected chi connectivity index (χ3v) is 6.25. The van der Waals surface area contributed by atoms with E-state index in [4.69, 9.17) is 0 Å². The van der Waals surface area contributed by atoms with E-state index < -0.39 is 0 Å². The van der Waals surface area contributed by atoms with Gasteiger partial charge in [-0.25, -0.2) is 0 Å². The first kappa shape index (κ1) is 24.3. The van der Waals surface area contributed by atoms with Gasteiger partial charge in [0.15, 0.2) is 11.6 Å². The standard InChI is InChI=1S/C28H32N6O/c1-5-11-21(7-3)26(22-13-9-8-10-14-22)33-15-16-34-27(31-32-28(34)25(33)12-6-2)23-17-24(19-29-18-23)30-20(4)35/h5,7-11,13-14,17-19,25-26H,1,3,6,12,15-16H2,2,4H3,(H,30,35)/b21-11+. The van der Waals surface area contributed by atoms with Gasteiger partial charge in [0.2, 0.25) is 5.91 Å². The van der Waals surface area contributed by atoms with Crippen molar-refractivity contribution in [3.05, 3.63) is 97.1 Å². The van der Waals surface area contributed by atoms with Crippen LogP contribution in [-0.4, -0.2) is 37.1 Å². The smallest absolute Gasteiger partial charge is 0.221 e. The van der Waals surface area contributed by atoms with Crippen molar-refractivity contribution in [1.82, 2.24) is 24.6 Å². The Morgan fingerprint density at radius 3 is 2.69 bits per heavy atom. The average Bonchev–Trinajstić information content (AvgIpc) is 3.30. The lowest BCUT2D eigenvalue weighted by Crippen LogP contribution is -2.41. The van der Waals surface area contributed by atoms with Gasteiger partial charge in [0.25, 0.3) is 0 Å². The normalized spacial score (nSPS) is 16.9. The molecule has 7 nitrogen and oxygen atoms in total. The maximum Gasteiger partial charge on any atom is 0.221 e. The Labute approximate surface area is 206 Å². The van der Waals surface area contributed by atoms with Crippen LogP contribution in [-0.2, 0) is 11.3 Å². The number of fused-ring (bicyclic) bond motifs is 1. The van der Waals surface area contributed by atoms with E-state index in [1.54, 1.807) is 12.4 Å². The summed E-state index contributed by atoms with van der Waals surface area (Å²) in [6, 6.07) is 12.5. The predicted molar refractivity (Wildman–Crippen MR) is 140 cm³/mol. The highest BCUT2D eigenvalue weighted by Gasteiger charge is 2.36. The number of nitrogens with one attached hydrogen (secondary N) is 1. The summed E-state index contributed by atoms with van der Waals surface area (Å²) in [6.07, 6.45) is 11.1. The van der Waals surface area contributed by atoms with Crippen molar-refractivity contribution in [3.63, 3.8) is 0 Å². The number of benzene rings is 1. The van der Waals surface area contributed by atoms with Crippen molar-refractivity contribution < 1.29 is 4.79 Å². The Bertz CT molecular complexity index is 1230. The lowest BCUT2D eigenvalue weighted by Gasteiger charge is -2.42. The van der Waals surface area contributed by atoms with E-state index >= 15 is 0 Å². The molecular formula is C28H32N6O. The van der Waals surface area contributed by atoms with Crippen LogP contribution in [0.5, 0.6) is 0 Å². The van der Waals surface area contributed by atoms with Gasteiger partial charge in [0.05, 0.1) is 24.0 Å². The third-order valence-electron chi connectivity index (χ3n) is 6.25. The van der Waals surface area contributed by atoms with Crippen molar-refractivity contribution >= 4 is 11.6 Å². The molecule has 0 saturated carbocycles. The largest absolute Gasteiger partial charge is 0.325 e. The molecule has 35 heavy (non-hydrogen) atoms. The number of amides is 1. The molecule has 0 saturated heterocycles. The lowest BCUT2D eigenvalue weighted by atomic mass is 9.93. The van der Waals surface area contributed by atoms with Crippen LogP contribution >= 0.6 is 0 Å². The van der Waals surface area contributed by atoms with Gasteiger partial charge < -0.3 is 9.88 Å². The van der Waals surface area contributed by atoms with Gasteiger partial charge in [0.1, 0.15) is 0 Å². The first-order valence-corrected chi connectivity index (χ1v) is 12.0. The fourth-order valence-electron chi connectivity index (χ4n) is 4.84. The van der Waals surface area contributed by atoms with Crippen molar-refractivity contribution in [2.45, 2.75) is 45.3 Å². The minimum atomic E-state index is -0.136. The summed E-state index contributed by atoms with van der Waals surface area (Å²) in [5, 5.41) is 12.0. The Morgan fingerprint density at radius 2 is 2.00 bits per heavy atom. The maximum atomic E-state index is 11.5. The quantitative estimate of drug-likeness (QED) is 0.420.